The van der Waals surface area contributed by atoms with Gasteiger partial charge in [0.2, 0.25) is 0 Å². The average molecular weight is 286 g/mol. The molecule has 0 aliphatic carbocycles. The summed E-state index contributed by atoms with van der Waals surface area (Å²) in [5, 5.41) is 5.61. The van der Waals surface area contributed by atoms with Crippen LogP contribution in [0.25, 0.3) is 0 Å². The van der Waals surface area contributed by atoms with Gasteiger partial charge in [-0.2, -0.15) is 0 Å². The van der Waals surface area contributed by atoms with Crippen LogP contribution in [0.1, 0.15) is 28.5 Å². The van der Waals surface area contributed by atoms with Gasteiger partial charge in [0.15, 0.2) is 0 Å². The maximum absolute atomic E-state index is 3.39. The molecule has 0 bridgehead atoms. The molecule has 0 saturated carbocycles. The minimum absolute atomic E-state index is 0.965. The van der Waals surface area contributed by atoms with E-state index in [1.165, 1.54) is 28.8 Å². The van der Waals surface area contributed by atoms with E-state index in [-0.39, 0.29) is 0 Å². The van der Waals surface area contributed by atoms with Crippen molar-refractivity contribution in [2.45, 2.75) is 33.4 Å². The second-order valence-electron chi connectivity index (χ2n) is 5.44. The average Bonchev–Trinajstić information content (AvgIpc) is 2.92. The Morgan fingerprint density at radius 1 is 1.30 bits per heavy atom. The summed E-state index contributed by atoms with van der Waals surface area (Å²) in [6.45, 7) is 8.56. The van der Waals surface area contributed by atoms with E-state index >= 15 is 0 Å². The molecule has 1 aliphatic heterocycles. The Bertz CT molecular complexity index is 588. The van der Waals surface area contributed by atoms with Crippen LogP contribution in [0.15, 0.2) is 29.6 Å². The maximum Gasteiger partial charge on any atom is 0.0440 e. The summed E-state index contributed by atoms with van der Waals surface area (Å²) in [5.41, 5.74) is 5.67. The standard InChI is InChI=1S/C17H22N2S/c1-3-18-11-14-4-5-16(13(2)10-14)19-8-6-17-15(12-19)7-9-20-17/h4-5,7,9-10,18H,3,6,8,11-12H2,1-2H3. The lowest BCUT2D eigenvalue weighted by atomic mass is 10.0. The van der Waals surface area contributed by atoms with E-state index in [2.05, 4.69) is 53.7 Å². The first-order chi connectivity index (χ1) is 9.78. The molecular weight excluding hydrogens is 264 g/mol. The molecule has 0 spiro atoms. The second-order valence-corrected chi connectivity index (χ2v) is 6.44. The van der Waals surface area contributed by atoms with Gasteiger partial charge in [-0.25, -0.2) is 0 Å². The third kappa shape index (κ3) is 2.74. The van der Waals surface area contributed by atoms with Gasteiger partial charge in [-0.05, 0) is 54.1 Å². The molecule has 0 radical (unpaired) electrons. The van der Waals surface area contributed by atoms with E-state index in [0.29, 0.717) is 0 Å². The van der Waals surface area contributed by atoms with E-state index in [1.807, 2.05) is 11.3 Å². The van der Waals surface area contributed by atoms with Crippen molar-refractivity contribution in [2.75, 3.05) is 18.0 Å². The first-order valence-corrected chi connectivity index (χ1v) is 8.26. The highest BCUT2D eigenvalue weighted by Gasteiger charge is 2.18. The predicted octanol–water partition coefficient (Wildman–Crippen LogP) is 3.73. The molecule has 0 unspecified atom stereocenters. The Morgan fingerprint density at radius 2 is 2.20 bits per heavy atom. The van der Waals surface area contributed by atoms with Crippen LogP contribution in [-0.4, -0.2) is 13.1 Å². The molecule has 0 saturated heterocycles. The lowest BCUT2D eigenvalue weighted by Crippen LogP contribution is -2.30. The Balaban J connectivity index is 1.78. The van der Waals surface area contributed by atoms with Gasteiger partial charge >= 0.3 is 0 Å². The van der Waals surface area contributed by atoms with Crippen LogP contribution < -0.4 is 10.2 Å². The predicted molar refractivity (Wildman–Crippen MR) is 87.6 cm³/mol. The van der Waals surface area contributed by atoms with Gasteiger partial charge in [-0.15, -0.1) is 11.3 Å². The van der Waals surface area contributed by atoms with Crippen molar-refractivity contribution in [2.24, 2.45) is 0 Å². The number of thiophene rings is 1. The van der Waals surface area contributed by atoms with Gasteiger partial charge in [0.05, 0.1) is 0 Å². The van der Waals surface area contributed by atoms with Gasteiger partial charge in [0, 0.05) is 30.2 Å². The lowest BCUT2D eigenvalue weighted by molar-refractivity contribution is 0.723. The smallest absolute Gasteiger partial charge is 0.0440 e. The number of hydrogen-bond donors (Lipinski definition) is 1. The number of rotatable bonds is 4. The Hall–Kier alpha value is -1.32. The minimum Gasteiger partial charge on any atom is -0.367 e. The molecule has 1 N–H and O–H groups in total. The molecule has 0 fully saturated rings. The van der Waals surface area contributed by atoms with Gasteiger partial charge < -0.3 is 10.2 Å². The molecule has 106 valence electrons. The van der Waals surface area contributed by atoms with E-state index in [9.17, 15) is 0 Å². The van der Waals surface area contributed by atoms with Crippen molar-refractivity contribution in [3.63, 3.8) is 0 Å². The molecule has 3 rings (SSSR count). The lowest BCUT2D eigenvalue weighted by Gasteiger charge is -2.30. The summed E-state index contributed by atoms with van der Waals surface area (Å²) in [5.74, 6) is 0. The number of hydrogen-bond acceptors (Lipinski definition) is 3. The topological polar surface area (TPSA) is 15.3 Å². The first-order valence-electron chi connectivity index (χ1n) is 7.38. The highest BCUT2D eigenvalue weighted by atomic mass is 32.1. The number of benzene rings is 1. The monoisotopic (exact) mass is 286 g/mol. The Labute approximate surface area is 125 Å². The van der Waals surface area contributed by atoms with Gasteiger partial charge in [0.1, 0.15) is 0 Å². The van der Waals surface area contributed by atoms with Crippen molar-refractivity contribution in [3.8, 4) is 0 Å². The third-order valence-electron chi connectivity index (χ3n) is 3.99. The summed E-state index contributed by atoms with van der Waals surface area (Å²) in [4.78, 5) is 4.09. The van der Waals surface area contributed by atoms with Crippen LogP contribution in [0.4, 0.5) is 5.69 Å². The number of anilines is 1. The summed E-state index contributed by atoms with van der Waals surface area (Å²) in [6.07, 6.45) is 1.19. The summed E-state index contributed by atoms with van der Waals surface area (Å²) in [6, 6.07) is 9.15. The number of nitrogens with zero attached hydrogens (tertiary/aromatic N) is 1. The highest BCUT2D eigenvalue weighted by molar-refractivity contribution is 7.10. The molecular formula is C17H22N2S. The molecule has 1 aliphatic rings. The van der Waals surface area contributed by atoms with Crippen molar-refractivity contribution in [1.82, 2.24) is 5.32 Å². The molecule has 0 amide bonds. The zero-order valence-electron chi connectivity index (χ0n) is 12.3. The largest absolute Gasteiger partial charge is 0.367 e. The first kappa shape index (κ1) is 13.7. The van der Waals surface area contributed by atoms with Crippen LogP contribution in [0.2, 0.25) is 0 Å². The van der Waals surface area contributed by atoms with E-state index < -0.39 is 0 Å². The van der Waals surface area contributed by atoms with Crippen LogP contribution in [-0.2, 0) is 19.5 Å². The maximum atomic E-state index is 3.39. The molecule has 2 aromatic rings. The highest BCUT2D eigenvalue weighted by Crippen LogP contribution is 2.30. The van der Waals surface area contributed by atoms with Crippen molar-refractivity contribution >= 4 is 17.0 Å². The van der Waals surface area contributed by atoms with Crippen LogP contribution >= 0.6 is 11.3 Å². The summed E-state index contributed by atoms with van der Waals surface area (Å²) >= 11 is 1.90. The van der Waals surface area contributed by atoms with Crippen molar-refractivity contribution in [3.05, 3.63) is 51.2 Å². The van der Waals surface area contributed by atoms with Crippen LogP contribution in [0.5, 0.6) is 0 Å². The molecule has 3 heteroatoms. The van der Waals surface area contributed by atoms with Crippen molar-refractivity contribution < 1.29 is 0 Å². The fraction of sp³-hybridized carbons (Fsp3) is 0.412. The van der Waals surface area contributed by atoms with Crippen molar-refractivity contribution in [1.29, 1.82) is 0 Å². The quantitative estimate of drug-likeness (QED) is 0.921. The molecule has 0 atom stereocenters. The molecule has 20 heavy (non-hydrogen) atoms. The number of fused-ring (bicyclic) bond motifs is 1. The molecule has 1 aromatic heterocycles. The van der Waals surface area contributed by atoms with Crippen LogP contribution in [0, 0.1) is 6.92 Å². The fourth-order valence-corrected chi connectivity index (χ4v) is 3.80. The normalized spacial score (nSPS) is 14.4. The molecule has 1 aromatic carbocycles. The fourth-order valence-electron chi connectivity index (χ4n) is 2.91. The Morgan fingerprint density at radius 3 is 3.00 bits per heavy atom. The number of nitrogens with one attached hydrogen (secondary N) is 1. The molecule has 2 heterocycles. The van der Waals surface area contributed by atoms with E-state index in [0.717, 1.165) is 26.2 Å². The summed E-state index contributed by atoms with van der Waals surface area (Å²) in [7, 11) is 0. The summed E-state index contributed by atoms with van der Waals surface area (Å²) < 4.78 is 0. The van der Waals surface area contributed by atoms with E-state index in [1.54, 1.807) is 4.88 Å². The third-order valence-corrected chi connectivity index (χ3v) is 5.01. The minimum atomic E-state index is 0.965. The van der Waals surface area contributed by atoms with Gasteiger partial charge in [0.25, 0.3) is 0 Å². The zero-order chi connectivity index (χ0) is 13.9. The second kappa shape index (κ2) is 5.98. The van der Waals surface area contributed by atoms with Crippen LogP contribution in [0.3, 0.4) is 0 Å². The van der Waals surface area contributed by atoms with Gasteiger partial charge in [-0.1, -0.05) is 19.1 Å². The van der Waals surface area contributed by atoms with Gasteiger partial charge in [-0.3, -0.25) is 0 Å². The number of aryl methyl sites for hydroxylation is 1. The SMILES string of the molecule is CCNCc1ccc(N2CCc3sccc3C2)c(C)c1. The molecule has 2 nitrogen and oxygen atoms in total. The Kier molecular flexibility index (Phi) is 4.08. The zero-order valence-corrected chi connectivity index (χ0v) is 13.1. The van der Waals surface area contributed by atoms with E-state index in [4.69, 9.17) is 0 Å².